The number of aryl methyl sites for hydroxylation is 1. The zero-order chi connectivity index (χ0) is 16.4. The first-order valence-corrected chi connectivity index (χ1v) is 7.92. The van der Waals surface area contributed by atoms with Gasteiger partial charge in [0.05, 0.1) is 0 Å². The molecule has 1 N–H and O–H groups in total. The van der Waals surface area contributed by atoms with Crippen LogP contribution in [0.15, 0.2) is 48.5 Å². The molecule has 0 radical (unpaired) electrons. The fourth-order valence-corrected chi connectivity index (χ4v) is 3.11. The highest BCUT2D eigenvalue weighted by Crippen LogP contribution is 2.32. The number of hydrogen-bond acceptors (Lipinski definition) is 2. The van der Waals surface area contributed by atoms with Gasteiger partial charge in [-0.05, 0) is 43.0 Å². The van der Waals surface area contributed by atoms with Crippen LogP contribution in [-0.4, -0.2) is 17.9 Å². The Morgan fingerprint density at radius 3 is 2.61 bits per heavy atom. The summed E-state index contributed by atoms with van der Waals surface area (Å²) in [5, 5.41) is 2.76. The number of benzene rings is 2. The van der Waals surface area contributed by atoms with Gasteiger partial charge in [0, 0.05) is 17.4 Å². The summed E-state index contributed by atoms with van der Waals surface area (Å²) in [6.45, 7) is 3.98. The van der Waals surface area contributed by atoms with Crippen LogP contribution in [0.4, 0.5) is 11.4 Å². The number of amides is 2. The second kappa shape index (κ2) is 6.24. The molecule has 4 heteroatoms. The van der Waals surface area contributed by atoms with Crippen molar-refractivity contribution in [3.63, 3.8) is 0 Å². The number of rotatable bonds is 2. The van der Waals surface area contributed by atoms with Crippen molar-refractivity contribution in [1.82, 2.24) is 0 Å². The summed E-state index contributed by atoms with van der Waals surface area (Å²) in [5.41, 5.74) is 3.66. The summed E-state index contributed by atoms with van der Waals surface area (Å²) < 4.78 is 0. The minimum Gasteiger partial charge on any atom is -0.318 e. The standard InChI is InChI=1S/C19H20N2O2/c1-3-14-8-4-6-10-16(14)20-18(22)19(23)21-13(2)12-15-9-5-7-11-17(15)21/h4-11,13H,3,12H2,1-2H3,(H,20,22). The minimum atomic E-state index is -0.588. The number of para-hydroxylation sites is 2. The van der Waals surface area contributed by atoms with E-state index in [0.29, 0.717) is 5.69 Å². The van der Waals surface area contributed by atoms with Gasteiger partial charge in [0.2, 0.25) is 0 Å². The summed E-state index contributed by atoms with van der Waals surface area (Å²) in [7, 11) is 0. The highest BCUT2D eigenvalue weighted by atomic mass is 16.2. The molecule has 0 fully saturated rings. The molecule has 1 aliphatic rings. The van der Waals surface area contributed by atoms with Crippen molar-refractivity contribution in [2.75, 3.05) is 10.2 Å². The number of fused-ring (bicyclic) bond motifs is 1. The van der Waals surface area contributed by atoms with Crippen molar-refractivity contribution >= 4 is 23.2 Å². The molecule has 0 saturated heterocycles. The second-order valence-electron chi connectivity index (χ2n) is 5.82. The Morgan fingerprint density at radius 1 is 1.13 bits per heavy atom. The zero-order valence-electron chi connectivity index (χ0n) is 13.4. The van der Waals surface area contributed by atoms with E-state index >= 15 is 0 Å². The zero-order valence-corrected chi connectivity index (χ0v) is 13.4. The Balaban J connectivity index is 1.82. The molecule has 1 unspecified atom stereocenters. The maximum Gasteiger partial charge on any atom is 0.316 e. The molecule has 2 aromatic rings. The number of nitrogens with zero attached hydrogens (tertiary/aromatic N) is 1. The maximum atomic E-state index is 12.6. The molecule has 2 aromatic carbocycles. The van der Waals surface area contributed by atoms with Crippen LogP contribution in [0.2, 0.25) is 0 Å². The molecule has 0 aromatic heterocycles. The third-order valence-electron chi connectivity index (χ3n) is 4.27. The van der Waals surface area contributed by atoms with Gasteiger partial charge in [0.25, 0.3) is 0 Å². The van der Waals surface area contributed by atoms with Crippen LogP contribution in [0, 0.1) is 0 Å². The van der Waals surface area contributed by atoms with Gasteiger partial charge in [-0.2, -0.15) is 0 Å². The van der Waals surface area contributed by atoms with Gasteiger partial charge >= 0.3 is 11.8 Å². The first-order chi connectivity index (χ1) is 11.1. The highest BCUT2D eigenvalue weighted by molar-refractivity contribution is 6.44. The number of nitrogens with one attached hydrogen (secondary N) is 1. The molecule has 4 nitrogen and oxygen atoms in total. The third-order valence-corrected chi connectivity index (χ3v) is 4.27. The van der Waals surface area contributed by atoms with E-state index in [1.54, 1.807) is 4.90 Å². The van der Waals surface area contributed by atoms with Crippen molar-refractivity contribution in [3.8, 4) is 0 Å². The van der Waals surface area contributed by atoms with E-state index in [9.17, 15) is 9.59 Å². The van der Waals surface area contributed by atoms with Gasteiger partial charge in [-0.15, -0.1) is 0 Å². The Kier molecular flexibility index (Phi) is 4.15. The maximum absolute atomic E-state index is 12.6. The number of anilines is 2. The summed E-state index contributed by atoms with van der Waals surface area (Å²) in [5.74, 6) is -1.09. The lowest BCUT2D eigenvalue weighted by Gasteiger charge is -2.22. The Labute approximate surface area is 136 Å². The summed E-state index contributed by atoms with van der Waals surface area (Å²) in [6, 6.07) is 15.3. The van der Waals surface area contributed by atoms with Crippen molar-refractivity contribution in [3.05, 3.63) is 59.7 Å². The van der Waals surface area contributed by atoms with E-state index in [0.717, 1.165) is 29.7 Å². The van der Waals surface area contributed by atoms with E-state index in [4.69, 9.17) is 0 Å². The van der Waals surface area contributed by atoms with Crippen LogP contribution < -0.4 is 10.2 Å². The molecule has 3 rings (SSSR count). The topological polar surface area (TPSA) is 49.4 Å². The van der Waals surface area contributed by atoms with Gasteiger partial charge < -0.3 is 10.2 Å². The molecule has 1 atom stereocenters. The molecule has 0 spiro atoms. The molecule has 1 aliphatic heterocycles. The first kappa shape index (κ1) is 15.3. The van der Waals surface area contributed by atoms with Crippen molar-refractivity contribution in [2.24, 2.45) is 0 Å². The SMILES string of the molecule is CCc1ccccc1NC(=O)C(=O)N1c2ccccc2CC1C. The van der Waals surface area contributed by atoms with E-state index < -0.39 is 11.8 Å². The average molecular weight is 308 g/mol. The lowest BCUT2D eigenvalue weighted by Crippen LogP contribution is -2.43. The predicted molar refractivity (Wildman–Crippen MR) is 91.5 cm³/mol. The van der Waals surface area contributed by atoms with Crippen LogP contribution >= 0.6 is 0 Å². The average Bonchev–Trinajstić information content (AvgIpc) is 2.90. The largest absolute Gasteiger partial charge is 0.318 e. The fourth-order valence-electron chi connectivity index (χ4n) is 3.11. The molecule has 0 saturated carbocycles. The van der Waals surface area contributed by atoms with Crippen LogP contribution in [0.5, 0.6) is 0 Å². The molecule has 1 heterocycles. The van der Waals surface area contributed by atoms with Gasteiger partial charge in [0.1, 0.15) is 0 Å². The Hall–Kier alpha value is -2.62. The summed E-state index contributed by atoms with van der Waals surface area (Å²) in [4.78, 5) is 26.7. The van der Waals surface area contributed by atoms with Crippen LogP contribution in [-0.2, 0) is 22.4 Å². The monoisotopic (exact) mass is 308 g/mol. The van der Waals surface area contributed by atoms with Crippen LogP contribution in [0.25, 0.3) is 0 Å². The predicted octanol–water partition coefficient (Wildman–Crippen LogP) is 3.17. The fraction of sp³-hybridized carbons (Fsp3) is 0.263. The first-order valence-electron chi connectivity index (χ1n) is 7.92. The second-order valence-corrected chi connectivity index (χ2v) is 5.82. The Morgan fingerprint density at radius 2 is 1.83 bits per heavy atom. The Bertz CT molecular complexity index is 755. The van der Waals surface area contributed by atoms with E-state index in [1.807, 2.05) is 62.4 Å². The number of carbonyl (C=O) groups is 2. The van der Waals surface area contributed by atoms with Crippen molar-refractivity contribution in [1.29, 1.82) is 0 Å². The molecule has 2 amide bonds. The number of hydrogen-bond donors (Lipinski definition) is 1. The third kappa shape index (κ3) is 2.84. The molecular weight excluding hydrogens is 288 g/mol. The molecular formula is C19H20N2O2. The summed E-state index contributed by atoms with van der Waals surface area (Å²) in [6.07, 6.45) is 1.58. The quantitative estimate of drug-likeness (QED) is 0.866. The van der Waals surface area contributed by atoms with Crippen molar-refractivity contribution < 1.29 is 9.59 Å². The summed E-state index contributed by atoms with van der Waals surface area (Å²) >= 11 is 0. The minimum absolute atomic E-state index is 0.00734. The lowest BCUT2D eigenvalue weighted by molar-refractivity contribution is -0.134. The van der Waals surface area contributed by atoms with E-state index in [-0.39, 0.29) is 6.04 Å². The van der Waals surface area contributed by atoms with Crippen LogP contribution in [0.1, 0.15) is 25.0 Å². The smallest absolute Gasteiger partial charge is 0.316 e. The molecule has 118 valence electrons. The molecule has 0 aliphatic carbocycles. The van der Waals surface area contributed by atoms with Gasteiger partial charge in [0.15, 0.2) is 0 Å². The van der Waals surface area contributed by atoms with E-state index in [2.05, 4.69) is 5.32 Å². The van der Waals surface area contributed by atoms with Gasteiger partial charge in [-0.3, -0.25) is 9.59 Å². The van der Waals surface area contributed by atoms with Gasteiger partial charge in [-0.1, -0.05) is 43.3 Å². The molecule has 23 heavy (non-hydrogen) atoms. The highest BCUT2D eigenvalue weighted by Gasteiger charge is 2.34. The lowest BCUT2D eigenvalue weighted by atomic mass is 10.1. The number of carbonyl (C=O) groups excluding carboxylic acids is 2. The molecule has 0 bridgehead atoms. The van der Waals surface area contributed by atoms with Crippen LogP contribution in [0.3, 0.4) is 0 Å². The van der Waals surface area contributed by atoms with Crippen molar-refractivity contribution in [2.45, 2.75) is 32.7 Å². The van der Waals surface area contributed by atoms with E-state index in [1.165, 1.54) is 0 Å². The van der Waals surface area contributed by atoms with Gasteiger partial charge in [-0.25, -0.2) is 0 Å². The normalized spacial score (nSPS) is 16.1.